The van der Waals surface area contributed by atoms with E-state index < -0.39 is 0 Å². The molecule has 0 aromatic heterocycles. The minimum atomic E-state index is 0.166. The number of nitrogens with zero attached hydrogens (tertiary/aromatic N) is 1. The Balaban J connectivity index is 3.69. The molecule has 0 fully saturated rings. The molecule has 0 amide bonds. The van der Waals surface area contributed by atoms with Crippen LogP contribution in [0.3, 0.4) is 0 Å². The zero-order valence-corrected chi connectivity index (χ0v) is 9.51. The molecular formula is C11H22N2O. The molecule has 0 bridgehead atoms. The Morgan fingerprint density at radius 3 is 2.64 bits per heavy atom. The normalized spacial score (nSPS) is 13.6. The molecule has 0 radical (unpaired) electrons. The molecule has 82 valence electrons. The first-order chi connectivity index (χ1) is 6.52. The molecule has 0 heterocycles. The Hall–Kier alpha value is -0.590. The fourth-order valence-corrected chi connectivity index (χ4v) is 1.23. The van der Waals surface area contributed by atoms with Gasteiger partial charge in [-0.25, -0.2) is 0 Å². The second-order valence-corrected chi connectivity index (χ2v) is 4.62. The minimum Gasteiger partial charge on any atom is -0.396 e. The van der Waals surface area contributed by atoms with Crippen molar-refractivity contribution in [3.05, 3.63) is 0 Å². The molecule has 3 heteroatoms. The lowest BCUT2D eigenvalue weighted by Gasteiger charge is -2.26. The van der Waals surface area contributed by atoms with E-state index in [0.29, 0.717) is 12.5 Å². The molecule has 1 atom stereocenters. The van der Waals surface area contributed by atoms with Crippen molar-refractivity contribution in [2.24, 2.45) is 5.41 Å². The van der Waals surface area contributed by atoms with E-state index in [1.54, 1.807) is 0 Å². The fourth-order valence-electron chi connectivity index (χ4n) is 1.23. The highest BCUT2D eigenvalue weighted by molar-refractivity contribution is 4.79. The van der Waals surface area contributed by atoms with Crippen molar-refractivity contribution in [3.8, 4) is 6.07 Å². The number of rotatable bonds is 7. The van der Waals surface area contributed by atoms with Crippen LogP contribution in [0.4, 0.5) is 0 Å². The molecule has 0 saturated carbocycles. The lowest BCUT2D eigenvalue weighted by Crippen LogP contribution is -2.35. The molecule has 14 heavy (non-hydrogen) atoms. The predicted octanol–water partition coefficient (Wildman–Crippen LogP) is 1.68. The second-order valence-electron chi connectivity index (χ2n) is 4.62. The standard InChI is InChI=1S/C11H22N2O/c1-10(5-8-14)13-9-11(2,3)6-4-7-12/h10,13-14H,4-6,8-9H2,1-3H3/t10-/m1/s1. The number of aliphatic hydroxyl groups is 1. The van der Waals surface area contributed by atoms with E-state index in [4.69, 9.17) is 10.4 Å². The zero-order chi connectivity index (χ0) is 11.0. The van der Waals surface area contributed by atoms with Crippen molar-refractivity contribution in [1.29, 1.82) is 5.26 Å². The molecular weight excluding hydrogens is 176 g/mol. The minimum absolute atomic E-state index is 0.166. The van der Waals surface area contributed by atoms with E-state index in [1.165, 1.54) is 0 Å². The van der Waals surface area contributed by atoms with Crippen LogP contribution in [0.2, 0.25) is 0 Å². The summed E-state index contributed by atoms with van der Waals surface area (Å²) in [7, 11) is 0. The molecule has 0 aliphatic rings. The first-order valence-corrected chi connectivity index (χ1v) is 5.23. The Labute approximate surface area is 87.1 Å². The van der Waals surface area contributed by atoms with Gasteiger partial charge in [-0.2, -0.15) is 5.26 Å². The summed E-state index contributed by atoms with van der Waals surface area (Å²) in [6.45, 7) is 7.51. The van der Waals surface area contributed by atoms with E-state index in [1.807, 2.05) is 0 Å². The van der Waals surface area contributed by atoms with Crippen LogP contribution in [0.15, 0.2) is 0 Å². The van der Waals surface area contributed by atoms with Crippen molar-refractivity contribution in [1.82, 2.24) is 5.32 Å². The van der Waals surface area contributed by atoms with E-state index >= 15 is 0 Å². The molecule has 0 unspecified atom stereocenters. The van der Waals surface area contributed by atoms with Crippen molar-refractivity contribution in [3.63, 3.8) is 0 Å². The monoisotopic (exact) mass is 198 g/mol. The molecule has 0 aromatic carbocycles. The molecule has 0 aliphatic heterocycles. The number of nitrogens with one attached hydrogen (secondary N) is 1. The van der Waals surface area contributed by atoms with Gasteiger partial charge in [0.15, 0.2) is 0 Å². The van der Waals surface area contributed by atoms with Gasteiger partial charge in [-0.15, -0.1) is 0 Å². The molecule has 0 aromatic rings. The highest BCUT2D eigenvalue weighted by Crippen LogP contribution is 2.20. The Bertz CT molecular complexity index is 184. The average molecular weight is 198 g/mol. The summed E-state index contributed by atoms with van der Waals surface area (Å²) in [5.41, 5.74) is 0.166. The number of nitriles is 1. The van der Waals surface area contributed by atoms with Gasteiger partial charge in [0.05, 0.1) is 6.07 Å². The van der Waals surface area contributed by atoms with Gasteiger partial charge in [0, 0.05) is 25.6 Å². The third kappa shape index (κ3) is 6.88. The summed E-state index contributed by atoms with van der Waals surface area (Å²) < 4.78 is 0. The van der Waals surface area contributed by atoms with Gasteiger partial charge in [-0.3, -0.25) is 0 Å². The summed E-state index contributed by atoms with van der Waals surface area (Å²) in [5, 5.41) is 20.6. The predicted molar refractivity (Wildman–Crippen MR) is 57.8 cm³/mol. The maximum Gasteiger partial charge on any atom is 0.0621 e. The van der Waals surface area contributed by atoms with Gasteiger partial charge in [0.25, 0.3) is 0 Å². The third-order valence-corrected chi connectivity index (χ3v) is 2.40. The molecule has 2 N–H and O–H groups in total. The highest BCUT2D eigenvalue weighted by atomic mass is 16.3. The van der Waals surface area contributed by atoms with Gasteiger partial charge in [-0.05, 0) is 25.2 Å². The topological polar surface area (TPSA) is 56.0 Å². The van der Waals surface area contributed by atoms with Crippen molar-refractivity contribution < 1.29 is 5.11 Å². The number of hydrogen-bond donors (Lipinski definition) is 2. The van der Waals surface area contributed by atoms with Crippen LogP contribution < -0.4 is 5.32 Å². The molecule has 0 rings (SSSR count). The first kappa shape index (κ1) is 13.4. The van der Waals surface area contributed by atoms with Crippen LogP contribution in [0.25, 0.3) is 0 Å². The summed E-state index contributed by atoms with van der Waals surface area (Å²) in [6.07, 6.45) is 2.32. The first-order valence-electron chi connectivity index (χ1n) is 5.23. The van der Waals surface area contributed by atoms with Gasteiger partial charge in [0.2, 0.25) is 0 Å². The lowest BCUT2D eigenvalue weighted by molar-refractivity contribution is 0.251. The maximum atomic E-state index is 8.72. The third-order valence-electron chi connectivity index (χ3n) is 2.40. The van der Waals surface area contributed by atoms with Crippen molar-refractivity contribution >= 4 is 0 Å². The van der Waals surface area contributed by atoms with E-state index in [0.717, 1.165) is 19.4 Å². The largest absolute Gasteiger partial charge is 0.396 e. The molecule has 0 aliphatic carbocycles. The SMILES string of the molecule is C[C@H](CCO)NCC(C)(C)CCC#N. The summed E-state index contributed by atoms with van der Waals surface area (Å²) in [4.78, 5) is 0. The molecule has 0 spiro atoms. The zero-order valence-electron chi connectivity index (χ0n) is 9.51. The average Bonchev–Trinajstić information content (AvgIpc) is 2.13. The van der Waals surface area contributed by atoms with Crippen LogP contribution in [0.1, 0.15) is 40.0 Å². The Kier molecular flexibility index (Phi) is 6.52. The maximum absolute atomic E-state index is 8.72. The van der Waals surface area contributed by atoms with E-state index in [2.05, 4.69) is 32.2 Å². The number of aliphatic hydroxyl groups excluding tert-OH is 1. The Morgan fingerprint density at radius 2 is 2.14 bits per heavy atom. The molecule has 3 nitrogen and oxygen atoms in total. The van der Waals surface area contributed by atoms with Crippen LogP contribution >= 0.6 is 0 Å². The molecule has 0 saturated heterocycles. The smallest absolute Gasteiger partial charge is 0.0621 e. The van der Waals surface area contributed by atoms with Gasteiger partial charge in [-0.1, -0.05) is 13.8 Å². The van der Waals surface area contributed by atoms with Gasteiger partial charge >= 0.3 is 0 Å². The van der Waals surface area contributed by atoms with E-state index in [9.17, 15) is 0 Å². The van der Waals surface area contributed by atoms with Crippen molar-refractivity contribution in [2.75, 3.05) is 13.2 Å². The number of hydrogen-bond acceptors (Lipinski definition) is 3. The van der Waals surface area contributed by atoms with Crippen LogP contribution in [0, 0.1) is 16.7 Å². The van der Waals surface area contributed by atoms with E-state index in [-0.39, 0.29) is 12.0 Å². The van der Waals surface area contributed by atoms with Crippen LogP contribution in [-0.4, -0.2) is 24.3 Å². The summed E-state index contributed by atoms with van der Waals surface area (Å²) in [5.74, 6) is 0. The fraction of sp³-hybridized carbons (Fsp3) is 0.909. The highest BCUT2D eigenvalue weighted by Gasteiger charge is 2.17. The van der Waals surface area contributed by atoms with Crippen LogP contribution in [-0.2, 0) is 0 Å². The van der Waals surface area contributed by atoms with Crippen LogP contribution in [0.5, 0.6) is 0 Å². The second kappa shape index (κ2) is 6.80. The van der Waals surface area contributed by atoms with Gasteiger partial charge in [0.1, 0.15) is 0 Å². The van der Waals surface area contributed by atoms with Gasteiger partial charge < -0.3 is 10.4 Å². The Morgan fingerprint density at radius 1 is 1.50 bits per heavy atom. The quantitative estimate of drug-likeness (QED) is 0.654. The summed E-state index contributed by atoms with van der Waals surface area (Å²) in [6, 6.07) is 2.52. The van der Waals surface area contributed by atoms with Crippen molar-refractivity contribution in [2.45, 2.75) is 46.1 Å². The lowest BCUT2D eigenvalue weighted by atomic mass is 9.88. The summed E-state index contributed by atoms with van der Waals surface area (Å²) >= 11 is 0.